The van der Waals surface area contributed by atoms with E-state index < -0.39 is 21.5 Å². The van der Waals surface area contributed by atoms with Crippen molar-refractivity contribution in [3.63, 3.8) is 0 Å². The molecule has 1 atom stereocenters. The standard InChI is InChI=1S/C10H22N2O4S/c1-9(2,3)12-17(13,14)11-6-8-7-15-10(4,5)16-8/h8,11-12H,6-7H2,1-5H3. The molecule has 0 spiro atoms. The van der Waals surface area contributed by atoms with Gasteiger partial charge in [0, 0.05) is 12.1 Å². The minimum Gasteiger partial charge on any atom is -0.348 e. The molecule has 102 valence electrons. The van der Waals surface area contributed by atoms with Crippen molar-refractivity contribution in [1.82, 2.24) is 9.44 Å². The topological polar surface area (TPSA) is 76.7 Å². The van der Waals surface area contributed by atoms with Crippen LogP contribution in [0.15, 0.2) is 0 Å². The lowest BCUT2D eigenvalue weighted by molar-refractivity contribution is -0.137. The maximum Gasteiger partial charge on any atom is 0.277 e. The lowest BCUT2D eigenvalue weighted by atomic mass is 10.1. The van der Waals surface area contributed by atoms with Gasteiger partial charge < -0.3 is 9.47 Å². The van der Waals surface area contributed by atoms with Crippen LogP contribution in [0.4, 0.5) is 0 Å². The van der Waals surface area contributed by atoms with E-state index in [9.17, 15) is 8.42 Å². The Hall–Kier alpha value is -0.210. The molecule has 1 unspecified atom stereocenters. The van der Waals surface area contributed by atoms with Gasteiger partial charge in [-0.3, -0.25) is 0 Å². The number of hydrogen-bond donors (Lipinski definition) is 2. The molecule has 1 saturated heterocycles. The van der Waals surface area contributed by atoms with Crippen LogP contribution < -0.4 is 9.44 Å². The van der Waals surface area contributed by atoms with Crippen molar-refractivity contribution in [2.45, 2.75) is 52.0 Å². The minimum atomic E-state index is -3.50. The largest absolute Gasteiger partial charge is 0.348 e. The summed E-state index contributed by atoms with van der Waals surface area (Å²) in [5, 5.41) is 0. The molecule has 0 radical (unpaired) electrons. The van der Waals surface area contributed by atoms with Gasteiger partial charge in [-0.05, 0) is 34.6 Å². The van der Waals surface area contributed by atoms with E-state index in [-0.39, 0.29) is 12.6 Å². The molecule has 1 rings (SSSR count). The fraction of sp³-hybridized carbons (Fsp3) is 1.00. The number of hydrogen-bond acceptors (Lipinski definition) is 4. The molecule has 6 nitrogen and oxygen atoms in total. The summed E-state index contributed by atoms with van der Waals surface area (Å²) in [6.45, 7) is 9.54. The molecule has 1 aliphatic rings. The summed E-state index contributed by atoms with van der Waals surface area (Å²) in [7, 11) is -3.50. The zero-order valence-electron chi connectivity index (χ0n) is 11.0. The fourth-order valence-corrected chi connectivity index (χ4v) is 2.79. The monoisotopic (exact) mass is 266 g/mol. The van der Waals surface area contributed by atoms with Crippen molar-refractivity contribution in [1.29, 1.82) is 0 Å². The maximum atomic E-state index is 11.6. The van der Waals surface area contributed by atoms with E-state index >= 15 is 0 Å². The molecule has 0 amide bonds. The van der Waals surface area contributed by atoms with Crippen molar-refractivity contribution >= 4 is 10.2 Å². The van der Waals surface area contributed by atoms with Crippen LogP contribution in [0.25, 0.3) is 0 Å². The highest BCUT2D eigenvalue weighted by atomic mass is 32.2. The molecule has 0 aromatic carbocycles. The lowest BCUT2D eigenvalue weighted by Crippen LogP contribution is -2.48. The van der Waals surface area contributed by atoms with Gasteiger partial charge in [0.15, 0.2) is 5.79 Å². The minimum absolute atomic E-state index is 0.203. The Labute approximate surface area is 103 Å². The average molecular weight is 266 g/mol. The molecular formula is C10H22N2O4S. The van der Waals surface area contributed by atoms with Gasteiger partial charge in [0.25, 0.3) is 10.2 Å². The second-order valence-electron chi connectivity index (χ2n) is 5.65. The Balaban J connectivity index is 2.41. The van der Waals surface area contributed by atoms with E-state index in [4.69, 9.17) is 9.47 Å². The van der Waals surface area contributed by atoms with E-state index in [1.54, 1.807) is 34.6 Å². The van der Waals surface area contributed by atoms with Crippen LogP contribution in [0.2, 0.25) is 0 Å². The summed E-state index contributed by atoms with van der Waals surface area (Å²) < 4.78 is 39.1. The highest BCUT2D eigenvalue weighted by Gasteiger charge is 2.33. The second kappa shape index (κ2) is 4.81. The van der Waals surface area contributed by atoms with Crippen molar-refractivity contribution in [2.24, 2.45) is 0 Å². The van der Waals surface area contributed by atoms with Gasteiger partial charge in [0.05, 0.1) is 12.7 Å². The first-order valence-electron chi connectivity index (χ1n) is 5.59. The third-order valence-electron chi connectivity index (χ3n) is 2.01. The van der Waals surface area contributed by atoms with E-state index in [2.05, 4.69) is 9.44 Å². The van der Waals surface area contributed by atoms with Crippen LogP contribution in [-0.4, -0.2) is 39.0 Å². The molecule has 1 fully saturated rings. The van der Waals surface area contributed by atoms with Crippen LogP contribution in [0.5, 0.6) is 0 Å². The molecule has 0 aliphatic carbocycles. The van der Waals surface area contributed by atoms with E-state index in [0.717, 1.165) is 0 Å². The third kappa shape index (κ3) is 5.78. The summed E-state index contributed by atoms with van der Waals surface area (Å²) >= 11 is 0. The average Bonchev–Trinajstić information content (AvgIpc) is 2.38. The molecule has 1 aliphatic heterocycles. The quantitative estimate of drug-likeness (QED) is 0.770. The van der Waals surface area contributed by atoms with Crippen LogP contribution in [0.1, 0.15) is 34.6 Å². The smallest absolute Gasteiger partial charge is 0.277 e. The molecule has 17 heavy (non-hydrogen) atoms. The van der Waals surface area contributed by atoms with Crippen molar-refractivity contribution in [3.8, 4) is 0 Å². The van der Waals surface area contributed by atoms with Crippen molar-refractivity contribution < 1.29 is 17.9 Å². The van der Waals surface area contributed by atoms with E-state index in [0.29, 0.717) is 6.61 Å². The number of rotatable bonds is 4. The predicted octanol–water partition coefficient (Wildman–Crippen LogP) is 0.360. The van der Waals surface area contributed by atoms with E-state index in [1.165, 1.54) is 0 Å². The van der Waals surface area contributed by atoms with Crippen LogP contribution >= 0.6 is 0 Å². The number of ether oxygens (including phenoxy) is 2. The summed E-state index contributed by atoms with van der Waals surface area (Å²) in [4.78, 5) is 0. The SMILES string of the molecule is CC(C)(C)NS(=O)(=O)NCC1COC(C)(C)O1. The zero-order valence-corrected chi connectivity index (χ0v) is 11.8. The van der Waals surface area contributed by atoms with Crippen molar-refractivity contribution in [3.05, 3.63) is 0 Å². The van der Waals surface area contributed by atoms with Gasteiger partial charge in [0.2, 0.25) is 0 Å². The Morgan fingerprint density at radius 3 is 2.35 bits per heavy atom. The highest BCUT2D eigenvalue weighted by Crippen LogP contribution is 2.21. The molecule has 1 heterocycles. The molecule has 0 saturated carbocycles. The van der Waals surface area contributed by atoms with Crippen molar-refractivity contribution in [2.75, 3.05) is 13.2 Å². The third-order valence-corrected chi connectivity index (χ3v) is 3.44. The van der Waals surface area contributed by atoms with Gasteiger partial charge >= 0.3 is 0 Å². The Morgan fingerprint density at radius 2 is 1.94 bits per heavy atom. The Bertz CT molecular complexity index is 359. The summed E-state index contributed by atoms with van der Waals surface area (Å²) in [6, 6.07) is 0. The molecule has 0 bridgehead atoms. The predicted molar refractivity (Wildman–Crippen MR) is 64.7 cm³/mol. The Kier molecular flexibility index (Phi) is 4.20. The normalized spacial score (nSPS) is 25.1. The molecular weight excluding hydrogens is 244 g/mol. The van der Waals surface area contributed by atoms with Gasteiger partial charge in [-0.2, -0.15) is 17.9 Å². The summed E-state index contributed by atoms with van der Waals surface area (Å²) in [5.41, 5.74) is -0.502. The van der Waals surface area contributed by atoms with Gasteiger partial charge in [-0.25, -0.2) is 0 Å². The first kappa shape index (κ1) is 14.8. The van der Waals surface area contributed by atoms with Gasteiger partial charge in [-0.1, -0.05) is 0 Å². The first-order valence-corrected chi connectivity index (χ1v) is 7.08. The lowest BCUT2D eigenvalue weighted by Gasteiger charge is -2.21. The fourth-order valence-electron chi connectivity index (χ4n) is 1.51. The summed E-state index contributed by atoms with van der Waals surface area (Å²) in [6.07, 6.45) is -0.249. The van der Waals surface area contributed by atoms with Crippen LogP contribution in [0, 0.1) is 0 Å². The summed E-state index contributed by atoms with van der Waals surface area (Å²) in [5.74, 6) is -0.631. The Morgan fingerprint density at radius 1 is 1.35 bits per heavy atom. The maximum absolute atomic E-state index is 11.6. The second-order valence-corrected chi connectivity index (χ2v) is 7.15. The first-order chi connectivity index (χ1) is 7.49. The molecule has 7 heteroatoms. The zero-order chi connectivity index (χ0) is 13.3. The van der Waals surface area contributed by atoms with Crippen LogP contribution in [-0.2, 0) is 19.7 Å². The van der Waals surface area contributed by atoms with E-state index in [1.807, 2.05) is 0 Å². The molecule has 0 aromatic rings. The highest BCUT2D eigenvalue weighted by molar-refractivity contribution is 7.87. The molecule has 2 N–H and O–H groups in total. The van der Waals surface area contributed by atoms with Crippen LogP contribution in [0.3, 0.4) is 0 Å². The van der Waals surface area contributed by atoms with Gasteiger partial charge in [-0.15, -0.1) is 0 Å². The molecule has 0 aromatic heterocycles. The number of nitrogens with one attached hydrogen (secondary N) is 2. The van der Waals surface area contributed by atoms with Gasteiger partial charge in [0.1, 0.15) is 0 Å².